The molecule has 0 bridgehead atoms. The van der Waals surface area contributed by atoms with Gasteiger partial charge in [0.05, 0.1) is 12.5 Å². The summed E-state index contributed by atoms with van der Waals surface area (Å²) in [6, 6.07) is 2.59. The van der Waals surface area contributed by atoms with Gasteiger partial charge in [0.25, 0.3) is 0 Å². The molecule has 1 aromatic rings. The van der Waals surface area contributed by atoms with Gasteiger partial charge in [0.15, 0.2) is 0 Å². The first-order valence-electron chi connectivity index (χ1n) is 4.22. The van der Waals surface area contributed by atoms with E-state index in [1.54, 1.807) is 6.26 Å². The second kappa shape index (κ2) is 3.09. The van der Waals surface area contributed by atoms with Crippen LogP contribution in [0.15, 0.2) is 23.0 Å². The van der Waals surface area contributed by atoms with Crippen LogP contribution in [-0.2, 0) is 0 Å². The first-order valence-corrected chi connectivity index (χ1v) is 4.22. The molecule has 0 amide bonds. The molecule has 2 rings (SSSR count). The molecule has 0 aliphatic carbocycles. The molecule has 2 nitrogen and oxygen atoms in total. The van der Waals surface area contributed by atoms with Gasteiger partial charge in [-0.2, -0.15) is 0 Å². The normalized spacial score (nSPS) is 25.3. The fraction of sp³-hybridized carbons (Fsp3) is 0.556. The summed E-state index contributed by atoms with van der Waals surface area (Å²) < 4.78 is 5.03. The van der Waals surface area contributed by atoms with Crippen LogP contribution in [0.3, 0.4) is 0 Å². The van der Waals surface area contributed by atoms with Crippen LogP contribution in [0, 0.1) is 0 Å². The van der Waals surface area contributed by atoms with E-state index in [1.807, 2.05) is 12.3 Å². The highest BCUT2D eigenvalue weighted by atomic mass is 16.3. The van der Waals surface area contributed by atoms with E-state index >= 15 is 0 Å². The molecule has 1 saturated heterocycles. The summed E-state index contributed by atoms with van der Waals surface area (Å²) in [5.74, 6) is 0. The summed E-state index contributed by atoms with van der Waals surface area (Å²) in [5.41, 5.74) is 1.30. The van der Waals surface area contributed by atoms with Crippen LogP contribution in [0.5, 0.6) is 0 Å². The van der Waals surface area contributed by atoms with Gasteiger partial charge >= 0.3 is 0 Å². The van der Waals surface area contributed by atoms with Crippen LogP contribution in [-0.4, -0.2) is 6.54 Å². The molecule has 1 N–H and O–H groups in total. The first kappa shape index (κ1) is 6.92. The molecule has 0 unspecified atom stereocenters. The maximum Gasteiger partial charge on any atom is 0.0950 e. The van der Waals surface area contributed by atoms with Crippen molar-refractivity contribution in [3.05, 3.63) is 24.2 Å². The lowest BCUT2D eigenvalue weighted by Crippen LogP contribution is -2.26. The largest absolute Gasteiger partial charge is 0.472 e. The Balaban J connectivity index is 2.04. The number of furan rings is 1. The number of hydrogen-bond acceptors (Lipinski definition) is 2. The van der Waals surface area contributed by atoms with E-state index in [0.29, 0.717) is 6.04 Å². The first-order chi connectivity index (χ1) is 5.47. The third-order valence-electron chi connectivity index (χ3n) is 2.26. The van der Waals surface area contributed by atoms with Gasteiger partial charge in [0.2, 0.25) is 0 Å². The Morgan fingerprint density at radius 2 is 2.45 bits per heavy atom. The molecule has 1 aromatic heterocycles. The standard InChI is InChI=1S/C9H13NO/c1-2-5-10-9(3-1)8-4-6-11-7-8/h4,6-7,9-10H,1-3,5H2/t9-/m1/s1. The van der Waals surface area contributed by atoms with E-state index in [0.717, 1.165) is 6.54 Å². The summed E-state index contributed by atoms with van der Waals surface area (Å²) in [6.07, 6.45) is 7.48. The molecule has 11 heavy (non-hydrogen) atoms. The summed E-state index contributed by atoms with van der Waals surface area (Å²) in [5, 5.41) is 3.46. The predicted molar refractivity (Wildman–Crippen MR) is 43.3 cm³/mol. The smallest absolute Gasteiger partial charge is 0.0950 e. The molecular weight excluding hydrogens is 138 g/mol. The Labute approximate surface area is 66.6 Å². The Morgan fingerprint density at radius 3 is 3.09 bits per heavy atom. The average molecular weight is 151 g/mol. The number of nitrogens with one attached hydrogen (secondary N) is 1. The third-order valence-corrected chi connectivity index (χ3v) is 2.26. The van der Waals surface area contributed by atoms with Crippen molar-refractivity contribution in [1.82, 2.24) is 5.32 Å². The Bertz CT molecular complexity index is 199. The Hall–Kier alpha value is -0.760. The minimum atomic E-state index is 0.544. The van der Waals surface area contributed by atoms with Crippen LogP contribution in [0.1, 0.15) is 30.9 Å². The van der Waals surface area contributed by atoms with Crippen LogP contribution < -0.4 is 5.32 Å². The fourth-order valence-electron chi connectivity index (χ4n) is 1.61. The van der Waals surface area contributed by atoms with Gasteiger partial charge in [-0.1, -0.05) is 6.42 Å². The summed E-state index contributed by atoms with van der Waals surface area (Å²) >= 11 is 0. The molecule has 2 heterocycles. The molecule has 1 atom stereocenters. The highest BCUT2D eigenvalue weighted by molar-refractivity contribution is 5.11. The third kappa shape index (κ3) is 1.46. The molecule has 0 spiro atoms. The van der Waals surface area contributed by atoms with E-state index in [4.69, 9.17) is 4.42 Å². The lowest BCUT2D eigenvalue weighted by molar-refractivity contribution is 0.409. The molecule has 0 radical (unpaired) electrons. The van der Waals surface area contributed by atoms with Gasteiger partial charge in [0, 0.05) is 11.6 Å². The van der Waals surface area contributed by atoms with E-state index in [1.165, 1.54) is 24.8 Å². The molecule has 2 heteroatoms. The van der Waals surface area contributed by atoms with Crippen molar-refractivity contribution in [1.29, 1.82) is 0 Å². The highest BCUT2D eigenvalue weighted by Gasteiger charge is 2.14. The lowest BCUT2D eigenvalue weighted by atomic mass is 10.0. The molecule has 1 aliphatic rings. The van der Waals surface area contributed by atoms with Crippen LogP contribution in [0.4, 0.5) is 0 Å². The SMILES string of the molecule is c1cc([C@H]2CCCCN2)co1. The molecule has 1 aliphatic heterocycles. The summed E-state index contributed by atoms with van der Waals surface area (Å²) in [7, 11) is 0. The van der Waals surface area contributed by atoms with Gasteiger partial charge < -0.3 is 9.73 Å². The number of piperidine rings is 1. The zero-order valence-corrected chi connectivity index (χ0v) is 6.55. The number of rotatable bonds is 1. The Kier molecular flexibility index (Phi) is 1.95. The monoisotopic (exact) mass is 151 g/mol. The zero-order chi connectivity index (χ0) is 7.52. The molecule has 1 fully saturated rings. The van der Waals surface area contributed by atoms with Gasteiger partial charge in [-0.15, -0.1) is 0 Å². The van der Waals surface area contributed by atoms with Crippen molar-refractivity contribution in [3.63, 3.8) is 0 Å². The molecule has 60 valence electrons. The van der Waals surface area contributed by atoms with Gasteiger partial charge in [-0.3, -0.25) is 0 Å². The van der Waals surface area contributed by atoms with Crippen molar-refractivity contribution in [2.45, 2.75) is 25.3 Å². The van der Waals surface area contributed by atoms with Crippen LogP contribution in [0.2, 0.25) is 0 Å². The van der Waals surface area contributed by atoms with Crippen molar-refractivity contribution in [2.24, 2.45) is 0 Å². The van der Waals surface area contributed by atoms with E-state index < -0.39 is 0 Å². The summed E-state index contributed by atoms with van der Waals surface area (Å²) in [6.45, 7) is 1.15. The maximum absolute atomic E-state index is 5.03. The topological polar surface area (TPSA) is 25.2 Å². The molecular formula is C9H13NO. The summed E-state index contributed by atoms with van der Waals surface area (Å²) in [4.78, 5) is 0. The van der Waals surface area contributed by atoms with E-state index in [9.17, 15) is 0 Å². The van der Waals surface area contributed by atoms with Gasteiger partial charge in [-0.25, -0.2) is 0 Å². The molecule has 0 aromatic carbocycles. The zero-order valence-electron chi connectivity index (χ0n) is 6.55. The van der Waals surface area contributed by atoms with Crippen LogP contribution >= 0.6 is 0 Å². The van der Waals surface area contributed by atoms with E-state index in [-0.39, 0.29) is 0 Å². The second-order valence-electron chi connectivity index (χ2n) is 3.06. The number of hydrogen-bond donors (Lipinski definition) is 1. The molecule has 0 saturated carbocycles. The van der Waals surface area contributed by atoms with E-state index in [2.05, 4.69) is 5.32 Å². The lowest BCUT2D eigenvalue weighted by Gasteiger charge is -2.21. The second-order valence-corrected chi connectivity index (χ2v) is 3.06. The minimum absolute atomic E-state index is 0.544. The predicted octanol–water partition coefficient (Wildman–Crippen LogP) is 2.09. The van der Waals surface area contributed by atoms with Crippen molar-refractivity contribution in [3.8, 4) is 0 Å². The van der Waals surface area contributed by atoms with Gasteiger partial charge in [-0.05, 0) is 25.5 Å². The van der Waals surface area contributed by atoms with Crippen LogP contribution in [0.25, 0.3) is 0 Å². The fourth-order valence-corrected chi connectivity index (χ4v) is 1.61. The Morgan fingerprint density at radius 1 is 1.45 bits per heavy atom. The van der Waals surface area contributed by atoms with Crippen molar-refractivity contribution in [2.75, 3.05) is 6.54 Å². The maximum atomic E-state index is 5.03. The minimum Gasteiger partial charge on any atom is -0.472 e. The average Bonchev–Trinajstić information content (AvgIpc) is 2.58. The van der Waals surface area contributed by atoms with Crippen molar-refractivity contribution < 1.29 is 4.42 Å². The quantitative estimate of drug-likeness (QED) is 0.664. The highest BCUT2D eigenvalue weighted by Crippen LogP contribution is 2.22. The van der Waals surface area contributed by atoms with Crippen molar-refractivity contribution >= 4 is 0 Å². The van der Waals surface area contributed by atoms with Gasteiger partial charge in [0.1, 0.15) is 0 Å².